The molecule has 0 amide bonds. The van der Waals surface area contributed by atoms with Gasteiger partial charge < -0.3 is 10.4 Å². The second-order valence-corrected chi connectivity index (χ2v) is 4.22. The minimum atomic E-state index is 0.226. The van der Waals surface area contributed by atoms with E-state index < -0.39 is 0 Å². The first-order valence-corrected chi connectivity index (χ1v) is 5.34. The van der Waals surface area contributed by atoms with E-state index in [0.29, 0.717) is 4.61 Å². The van der Waals surface area contributed by atoms with Gasteiger partial charge in [-0.1, -0.05) is 0 Å². The highest BCUT2D eigenvalue weighted by atomic mass is 79.9. The van der Waals surface area contributed by atoms with Crippen LogP contribution in [0.2, 0.25) is 0 Å². The van der Waals surface area contributed by atoms with Crippen molar-refractivity contribution in [2.24, 2.45) is 0 Å². The Kier molecular flexibility index (Phi) is 4.16. The molecule has 0 saturated carbocycles. The smallest absolute Gasteiger partial charge is 0.115 e. The highest BCUT2D eigenvalue weighted by Crippen LogP contribution is 2.17. The van der Waals surface area contributed by atoms with Crippen LogP contribution in [0.3, 0.4) is 0 Å². The normalized spacial score (nSPS) is 11.1. The van der Waals surface area contributed by atoms with Crippen molar-refractivity contribution in [1.29, 1.82) is 5.41 Å². The second kappa shape index (κ2) is 5.17. The highest BCUT2D eigenvalue weighted by molar-refractivity contribution is 9.18. The average molecular weight is 320 g/mol. The third kappa shape index (κ3) is 3.93. The third-order valence-electron chi connectivity index (χ3n) is 1.38. The lowest BCUT2D eigenvalue weighted by atomic mass is 10.3. The SMILES string of the molecule is N=C(Br)/C=C(/Br)Nc1ccc(O)cc1. The lowest BCUT2D eigenvalue weighted by Crippen LogP contribution is -1.93. The highest BCUT2D eigenvalue weighted by Gasteiger charge is 1.95. The molecule has 0 aliphatic rings. The summed E-state index contributed by atoms with van der Waals surface area (Å²) in [7, 11) is 0. The Morgan fingerprint density at radius 2 is 1.86 bits per heavy atom. The summed E-state index contributed by atoms with van der Waals surface area (Å²) in [5.74, 6) is 0.226. The van der Waals surface area contributed by atoms with Crippen LogP contribution in [0.4, 0.5) is 5.69 Å². The molecule has 0 aliphatic carbocycles. The molecule has 1 aromatic rings. The minimum absolute atomic E-state index is 0.226. The van der Waals surface area contributed by atoms with Crippen LogP contribution in [-0.4, -0.2) is 9.73 Å². The zero-order valence-corrected chi connectivity index (χ0v) is 10.3. The van der Waals surface area contributed by atoms with Crippen molar-refractivity contribution >= 4 is 42.2 Å². The molecule has 5 heteroatoms. The minimum Gasteiger partial charge on any atom is -0.508 e. The van der Waals surface area contributed by atoms with E-state index >= 15 is 0 Å². The number of hydrogen-bond acceptors (Lipinski definition) is 3. The summed E-state index contributed by atoms with van der Waals surface area (Å²) in [6, 6.07) is 6.65. The molecule has 1 rings (SSSR count). The van der Waals surface area contributed by atoms with Gasteiger partial charge in [0.2, 0.25) is 0 Å². The van der Waals surface area contributed by atoms with Gasteiger partial charge in [0.15, 0.2) is 0 Å². The molecule has 0 radical (unpaired) electrons. The van der Waals surface area contributed by atoms with Crippen molar-refractivity contribution in [3.05, 3.63) is 34.9 Å². The van der Waals surface area contributed by atoms with Crippen LogP contribution >= 0.6 is 31.9 Å². The number of aromatic hydroxyl groups is 1. The third-order valence-corrected chi connectivity index (χ3v) is 2.04. The molecule has 0 heterocycles. The van der Waals surface area contributed by atoms with Gasteiger partial charge in [-0.3, -0.25) is 5.41 Å². The van der Waals surface area contributed by atoms with E-state index in [0.717, 1.165) is 5.69 Å². The van der Waals surface area contributed by atoms with Crippen molar-refractivity contribution in [1.82, 2.24) is 0 Å². The molecule has 0 aromatic heterocycles. The Morgan fingerprint density at radius 3 is 2.36 bits per heavy atom. The zero-order valence-electron chi connectivity index (χ0n) is 7.09. The van der Waals surface area contributed by atoms with Gasteiger partial charge in [-0.05, 0) is 56.1 Å². The molecule has 0 spiro atoms. The van der Waals surface area contributed by atoms with E-state index in [1.165, 1.54) is 0 Å². The zero-order chi connectivity index (χ0) is 10.6. The molecule has 74 valence electrons. The summed E-state index contributed by atoms with van der Waals surface area (Å²) in [6.07, 6.45) is 1.58. The summed E-state index contributed by atoms with van der Waals surface area (Å²) < 4.78 is 0.945. The van der Waals surface area contributed by atoms with Crippen LogP contribution < -0.4 is 5.32 Å². The van der Waals surface area contributed by atoms with Crippen LogP contribution in [0.15, 0.2) is 34.9 Å². The topological polar surface area (TPSA) is 56.1 Å². The van der Waals surface area contributed by atoms with Gasteiger partial charge in [-0.15, -0.1) is 0 Å². The standard InChI is InChI=1S/C9H8Br2N2O/c10-8(12)5-9(11)13-6-1-3-7(14)4-2-6/h1-5,12-14H/b9-5-,12-8?. The Hall–Kier alpha value is -0.810. The van der Waals surface area contributed by atoms with E-state index in [2.05, 4.69) is 37.2 Å². The number of anilines is 1. The van der Waals surface area contributed by atoms with Gasteiger partial charge >= 0.3 is 0 Å². The van der Waals surface area contributed by atoms with Crippen molar-refractivity contribution in [3.63, 3.8) is 0 Å². The fourth-order valence-electron chi connectivity index (χ4n) is 0.830. The fraction of sp³-hybridized carbons (Fsp3) is 0. The predicted octanol–water partition coefficient (Wildman–Crippen LogP) is 3.41. The van der Waals surface area contributed by atoms with Gasteiger partial charge in [0, 0.05) is 11.8 Å². The molecule has 0 unspecified atom stereocenters. The van der Waals surface area contributed by atoms with Gasteiger partial charge in [0.05, 0.1) is 9.23 Å². The van der Waals surface area contributed by atoms with Crippen molar-refractivity contribution in [2.75, 3.05) is 5.32 Å². The quantitative estimate of drug-likeness (QED) is 0.454. The Balaban J connectivity index is 2.69. The summed E-state index contributed by atoms with van der Waals surface area (Å²) in [5, 5.41) is 19.2. The largest absolute Gasteiger partial charge is 0.508 e. The summed E-state index contributed by atoms with van der Waals surface area (Å²) in [5.41, 5.74) is 0.833. The second-order valence-electron chi connectivity index (χ2n) is 2.51. The molecule has 1 aromatic carbocycles. The van der Waals surface area contributed by atoms with E-state index in [4.69, 9.17) is 10.5 Å². The molecule has 3 N–H and O–H groups in total. The number of nitrogens with one attached hydrogen (secondary N) is 2. The molecular formula is C9H8Br2N2O. The maximum absolute atomic E-state index is 9.04. The number of phenols is 1. The van der Waals surface area contributed by atoms with Crippen LogP contribution in [0.1, 0.15) is 0 Å². The summed E-state index contributed by atoms with van der Waals surface area (Å²) >= 11 is 6.25. The van der Waals surface area contributed by atoms with E-state index in [9.17, 15) is 0 Å². The number of phenolic OH excluding ortho intramolecular Hbond substituents is 1. The number of benzene rings is 1. The Morgan fingerprint density at radius 1 is 1.29 bits per heavy atom. The van der Waals surface area contributed by atoms with Crippen molar-refractivity contribution < 1.29 is 5.11 Å². The molecule has 0 fully saturated rings. The first-order valence-electron chi connectivity index (χ1n) is 3.75. The number of allylic oxidation sites excluding steroid dienone is 1. The first-order chi connectivity index (χ1) is 6.58. The maximum Gasteiger partial charge on any atom is 0.115 e. The molecule has 0 saturated heterocycles. The van der Waals surface area contributed by atoms with Crippen molar-refractivity contribution in [2.45, 2.75) is 0 Å². The number of rotatable bonds is 3. The van der Waals surface area contributed by atoms with E-state index in [1.54, 1.807) is 30.3 Å². The molecule has 0 aliphatic heterocycles. The van der Waals surface area contributed by atoms with Crippen LogP contribution in [-0.2, 0) is 0 Å². The molecule has 3 nitrogen and oxygen atoms in total. The van der Waals surface area contributed by atoms with Gasteiger partial charge in [0.1, 0.15) is 5.75 Å². The van der Waals surface area contributed by atoms with Gasteiger partial charge in [-0.25, -0.2) is 0 Å². The Bertz CT molecular complexity index is 360. The van der Waals surface area contributed by atoms with Gasteiger partial charge in [0.25, 0.3) is 0 Å². The van der Waals surface area contributed by atoms with Crippen LogP contribution in [0, 0.1) is 5.41 Å². The van der Waals surface area contributed by atoms with Gasteiger partial charge in [-0.2, -0.15) is 0 Å². The predicted molar refractivity (Wildman–Crippen MR) is 65.4 cm³/mol. The monoisotopic (exact) mass is 318 g/mol. The van der Waals surface area contributed by atoms with Crippen LogP contribution in [0.25, 0.3) is 0 Å². The lowest BCUT2D eigenvalue weighted by Gasteiger charge is -2.04. The molecule has 0 atom stereocenters. The lowest BCUT2D eigenvalue weighted by molar-refractivity contribution is 0.475. The average Bonchev–Trinajstić information content (AvgIpc) is 2.07. The van der Waals surface area contributed by atoms with E-state index in [-0.39, 0.29) is 10.4 Å². The fourth-order valence-corrected chi connectivity index (χ4v) is 1.82. The Labute approximate surface area is 98.6 Å². The molecule has 0 bridgehead atoms. The number of hydrogen-bond donors (Lipinski definition) is 3. The summed E-state index contributed by atoms with van der Waals surface area (Å²) in [4.78, 5) is 0. The van der Waals surface area contributed by atoms with Crippen molar-refractivity contribution in [3.8, 4) is 5.75 Å². The molecular weight excluding hydrogens is 312 g/mol. The molecule has 14 heavy (non-hydrogen) atoms. The van der Waals surface area contributed by atoms with Crippen LogP contribution in [0.5, 0.6) is 5.75 Å². The summed E-state index contributed by atoms with van der Waals surface area (Å²) in [6.45, 7) is 0. The van der Waals surface area contributed by atoms with E-state index in [1.807, 2.05) is 0 Å². The first kappa shape index (κ1) is 11.3. The number of halogens is 2. The maximum atomic E-state index is 9.04.